The predicted octanol–water partition coefficient (Wildman–Crippen LogP) is 2.17. The third-order valence-electron chi connectivity index (χ3n) is 4.61. The van der Waals surface area contributed by atoms with Gasteiger partial charge in [-0.25, -0.2) is 4.79 Å². The Kier molecular flexibility index (Phi) is 6.59. The minimum Gasteiger partial charge on any atom is -0.383 e. The number of likely N-dealkylation sites (tertiary alicyclic amines) is 1. The van der Waals surface area contributed by atoms with Crippen LogP contribution in [-0.2, 0) is 4.74 Å². The van der Waals surface area contributed by atoms with Crippen molar-refractivity contribution in [2.75, 3.05) is 38.7 Å². The van der Waals surface area contributed by atoms with Gasteiger partial charge in [-0.3, -0.25) is 4.79 Å². The van der Waals surface area contributed by atoms with E-state index in [2.05, 4.69) is 20.8 Å². The summed E-state index contributed by atoms with van der Waals surface area (Å²) in [6, 6.07) is 6.61. The van der Waals surface area contributed by atoms with E-state index >= 15 is 0 Å². The highest BCUT2D eigenvalue weighted by atomic mass is 16.5. The van der Waals surface area contributed by atoms with Gasteiger partial charge in [0, 0.05) is 50.8 Å². The molecule has 2 heterocycles. The van der Waals surface area contributed by atoms with E-state index in [1.165, 1.54) is 0 Å². The largest absolute Gasteiger partial charge is 0.383 e. The van der Waals surface area contributed by atoms with E-state index in [0.29, 0.717) is 49.2 Å². The van der Waals surface area contributed by atoms with Crippen molar-refractivity contribution in [2.45, 2.75) is 25.7 Å². The van der Waals surface area contributed by atoms with Crippen molar-refractivity contribution in [3.05, 3.63) is 41.5 Å². The molecule has 150 valence electrons. The number of nitrogens with one attached hydrogen (secondary N) is 2. The number of amides is 3. The minimum absolute atomic E-state index is 0.0788. The molecular weight excluding hydrogens is 362 g/mol. The average Bonchev–Trinajstić information content (AvgIpc) is 3.15. The maximum atomic E-state index is 12.6. The van der Waals surface area contributed by atoms with Crippen LogP contribution in [0.5, 0.6) is 0 Å². The van der Waals surface area contributed by atoms with Crippen molar-refractivity contribution in [3.63, 3.8) is 0 Å². The van der Waals surface area contributed by atoms with Crippen LogP contribution >= 0.6 is 0 Å². The second kappa shape index (κ2) is 9.32. The number of benzene rings is 1. The third kappa shape index (κ3) is 5.07. The average molecular weight is 387 g/mol. The van der Waals surface area contributed by atoms with Gasteiger partial charge in [0.05, 0.1) is 6.61 Å². The van der Waals surface area contributed by atoms with Crippen LogP contribution in [0.15, 0.2) is 28.8 Å². The number of ether oxygens (including phenoxy) is 1. The summed E-state index contributed by atoms with van der Waals surface area (Å²) in [7, 11) is 1.58. The molecule has 28 heavy (non-hydrogen) atoms. The number of urea groups is 1. The van der Waals surface area contributed by atoms with Crippen LogP contribution in [0.3, 0.4) is 0 Å². The highest BCUT2D eigenvalue weighted by Crippen LogP contribution is 2.25. The molecule has 9 heteroatoms. The van der Waals surface area contributed by atoms with Crippen LogP contribution in [0.25, 0.3) is 0 Å². The fourth-order valence-corrected chi connectivity index (χ4v) is 3.13. The number of carbonyl (C=O) groups is 2. The van der Waals surface area contributed by atoms with Crippen molar-refractivity contribution < 1.29 is 18.8 Å². The molecule has 0 spiro atoms. The summed E-state index contributed by atoms with van der Waals surface area (Å²) in [6.45, 7) is 3.89. The molecule has 1 aliphatic heterocycles. The molecule has 3 rings (SSSR count). The predicted molar refractivity (Wildman–Crippen MR) is 102 cm³/mol. The molecule has 2 N–H and O–H groups in total. The Morgan fingerprint density at radius 2 is 2.11 bits per heavy atom. The smallest absolute Gasteiger partial charge is 0.321 e. The van der Waals surface area contributed by atoms with E-state index < -0.39 is 0 Å². The number of rotatable bonds is 6. The van der Waals surface area contributed by atoms with Gasteiger partial charge >= 0.3 is 6.03 Å². The van der Waals surface area contributed by atoms with E-state index in [1.54, 1.807) is 43.2 Å². The number of hydrogen-bond donors (Lipinski definition) is 2. The van der Waals surface area contributed by atoms with Gasteiger partial charge in [0.25, 0.3) is 5.91 Å². The number of aromatic nitrogens is 2. The lowest BCUT2D eigenvalue weighted by atomic mass is 9.98. The van der Waals surface area contributed by atoms with Crippen molar-refractivity contribution in [1.29, 1.82) is 0 Å². The Balaban J connectivity index is 1.54. The Bertz CT molecular complexity index is 805. The lowest BCUT2D eigenvalue weighted by Crippen LogP contribution is -2.41. The molecule has 0 unspecified atom stereocenters. The van der Waals surface area contributed by atoms with E-state index in [9.17, 15) is 9.59 Å². The molecule has 0 saturated carbocycles. The standard InChI is InChI=1S/C19H25N5O4/c1-13-21-17(23-28-13)15-4-3-10-24(12-15)19(26)22-16-7-5-14(6-8-16)18(25)20-9-11-27-2/h5-8,15H,3-4,9-12H2,1-2H3,(H,20,25)(H,22,26)/t15-/m0/s1. The number of methoxy groups -OCH3 is 1. The van der Waals surface area contributed by atoms with Crippen LogP contribution < -0.4 is 10.6 Å². The SMILES string of the molecule is COCCNC(=O)c1ccc(NC(=O)N2CCC[C@H](c3noc(C)n3)C2)cc1. The Morgan fingerprint density at radius 1 is 1.32 bits per heavy atom. The van der Waals surface area contributed by atoms with E-state index in [4.69, 9.17) is 9.26 Å². The van der Waals surface area contributed by atoms with Crippen molar-refractivity contribution in [3.8, 4) is 0 Å². The summed E-state index contributed by atoms with van der Waals surface area (Å²) in [5, 5.41) is 9.61. The molecule has 1 aromatic carbocycles. The number of anilines is 1. The zero-order chi connectivity index (χ0) is 19.9. The maximum Gasteiger partial charge on any atom is 0.321 e. The molecular formula is C19H25N5O4. The normalized spacial score (nSPS) is 16.6. The number of carbonyl (C=O) groups excluding carboxylic acids is 2. The molecule has 1 aliphatic rings. The quantitative estimate of drug-likeness (QED) is 0.735. The van der Waals surface area contributed by atoms with E-state index in [1.807, 2.05) is 0 Å². The van der Waals surface area contributed by atoms with Gasteiger partial charge in [0.1, 0.15) is 0 Å². The molecule has 1 saturated heterocycles. The van der Waals surface area contributed by atoms with Gasteiger partial charge in [-0.05, 0) is 37.1 Å². The molecule has 0 bridgehead atoms. The number of nitrogens with zero attached hydrogens (tertiary/aromatic N) is 3. The maximum absolute atomic E-state index is 12.6. The summed E-state index contributed by atoms with van der Waals surface area (Å²) < 4.78 is 9.96. The fraction of sp³-hybridized carbons (Fsp3) is 0.474. The van der Waals surface area contributed by atoms with Crippen LogP contribution in [0, 0.1) is 6.92 Å². The molecule has 1 aromatic heterocycles. The van der Waals surface area contributed by atoms with Gasteiger partial charge in [-0.15, -0.1) is 0 Å². The summed E-state index contributed by atoms with van der Waals surface area (Å²) >= 11 is 0. The van der Waals surface area contributed by atoms with E-state index in [0.717, 1.165) is 12.8 Å². The molecule has 0 aliphatic carbocycles. The summed E-state index contributed by atoms with van der Waals surface area (Å²) in [6.07, 6.45) is 1.81. The van der Waals surface area contributed by atoms with Crippen molar-refractivity contribution in [2.24, 2.45) is 0 Å². The highest BCUT2D eigenvalue weighted by molar-refractivity contribution is 5.95. The van der Waals surface area contributed by atoms with Crippen molar-refractivity contribution >= 4 is 17.6 Å². The Morgan fingerprint density at radius 3 is 2.79 bits per heavy atom. The van der Waals surface area contributed by atoms with Crippen LogP contribution in [0.2, 0.25) is 0 Å². The first-order chi connectivity index (χ1) is 13.6. The zero-order valence-electron chi connectivity index (χ0n) is 16.1. The third-order valence-corrected chi connectivity index (χ3v) is 4.61. The zero-order valence-corrected chi connectivity index (χ0v) is 16.1. The van der Waals surface area contributed by atoms with Crippen LogP contribution in [0.4, 0.5) is 10.5 Å². The first-order valence-corrected chi connectivity index (χ1v) is 9.30. The Hall–Kier alpha value is -2.94. The van der Waals surface area contributed by atoms with Gasteiger partial charge in [0.2, 0.25) is 5.89 Å². The fourth-order valence-electron chi connectivity index (χ4n) is 3.13. The lowest BCUT2D eigenvalue weighted by molar-refractivity contribution is 0.0937. The van der Waals surface area contributed by atoms with Gasteiger partial charge < -0.3 is 24.8 Å². The second-order valence-corrected chi connectivity index (χ2v) is 6.71. The van der Waals surface area contributed by atoms with Crippen LogP contribution in [0.1, 0.15) is 40.8 Å². The molecule has 1 fully saturated rings. The summed E-state index contributed by atoms with van der Waals surface area (Å²) in [5.41, 5.74) is 1.16. The van der Waals surface area contributed by atoms with Gasteiger partial charge in [0.15, 0.2) is 5.82 Å². The number of hydrogen-bond acceptors (Lipinski definition) is 6. The first-order valence-electron chi connectivity index (χ1n) is 9.30. The summed E-state index contributed by atoms with van der Waals surface area (Å²) in [5.74, 6) is 1.08. The topological polar surface area (TPSA) is 110 Å². The second-order valence-electron chi connectivity index (χ2n) is 6.71. The van der Waals surface area contributed by atoms with Crippen molar-refractivity contribution in [1.82, 2.24) is 20.4 Å². The Labute approximate surface area is 163 Å². The molecule has 1 atom stereocenters. The lowest BCUT2D eigenvalue weighted by Gasteiger charge is -2.31. The number of aryl methyl sites for hydroxylation is 1. The molecule has 9 nitrogen and oxygen atoms in total. The molecule has 0 radical (unpaired) electrons. The molecule has 3 amide bonds. The highest BCUT2D eigenvalue weighted by Gasteiger charge is 2.27. The molecule has 2 aromatic rings. The summed E-state index contributed by atoms with van der Waals surface area (Å²) in [4.78, 5) is 30.6. The first kappa shape index (κ1) is 19.8. The monoisotopic (exact) mass is 387 g/mol. The van der Waals surface area contributed by atoms with E-state index in [-0.39, 0.29) is 17.9 Å². The van der Waals surface area contributed by atoms with Crippen LogP contribution in [-0.4, -0.2) is 60.3 Å². The van der Waals surface area contributed by atoms with Gasteiger partial charge in [-0.1, -0.05) is 5.16 Å². The van der Waals surface area contributed by atoms with Gasteiger partial charge in [-0.2, -0.15) is 4.98 Å². The number of piperidine rings is 1. The minimum atomic E-state index is -0.179.